The fourth-order valence-corrected chi connectivity index (χ4v) is 7.76. The van der Waals surface area contributed by atoms with Crippen LogP contribution in [0.25, 0.3) is 0 Å². The summed E-state index contributed by atoms with van der Waals surface area (Å²) in [7, 11) is 0. The Balaban J connectivity index is 1.48. The van der Waals surface area contributed by atoms with Crippen LogP contribution in [0.15, 0.2) is 35.5 Å². The number of carbonyl (C=O) groups is 1. The van der Waals surface area contributed by atoms with Crippen LogP contribution in [0.1, 0.15) is 85.0 Å². The quantitative estimate of drug-likeness (QED) is 0.580. The molecule has 0 aromatic heterocycles. The van der Waals surface area contributed by atoms with Crippen LogP contribution >= 0.6 is 0 Å². The fourth-order valence-electron chi connectivity index (χ4n) is 7.76. The van der Waals surface area contributed by atoms with E-state index in [1.165, 1.54) is 31.3 Å². The topological polar surface area (TPSA) is 77.8 Å². The minimum absolute atomic E-state index is 0.0118. The van der Waals surface area contributed by atoms with E-state index < -0.39 is 17.8 Å². The van der Waals surface area contributed by atoms with Crippen molar-refractivity contribution in [3.8, 4) is 0 Å². The Morgan fingerprint density at radius 3 is 2.59 bits per heavy atom. The summed E-state index contributed by atoms with van der Waals surface area (Å²) in [6.45, 7) is 10.6. The van der Waals surface area contributed by atoms with Gasteiger partial charge in [-0.05, 0) is 105 Å². The van der Waals surface area contributed by atoms with E-state index >= 15 is 0 Å². The van der Waals surface area contributed by atoms with E-state index in [-0.39, 0.29) is 11.2 Å². The molecular weight excluding hydrogens is 400 g/mol. The van der Waals surface area contributed by atoms with Crippen LogP contribution in [-0.2, 0) is 4.79 Å². The SMILES string of the molecule is C=C1CC[C@H](O)[C@@H](O)/C1=C/C=C1\CCC[C@]2(C)[C@@H]([C@H](C)CC3CC(=O)[C@](C)(O)C3)CC[C@@H]12. The molecule has 0 saturated heterocycles. The molecule has 4 aliphatic carbocycles. The summed E-state index contributed by atoms with van der Waals surface area (Å²) in [5, 5.41) is 30.8. The molecule has 0 aromatic carbocycles. The Hall–Kier alpha value is -1.23. The maximum Gasteiger partial charge on any atom is 0.164 e. The number of hydrogen-bond acceptors (Lipinski definition) is 4. The molecular formula is C28H42O4. The zero-order chi connectivity index (χ0) is 23.3. The van der Waals surface area contributed by atoms with E-state index in [4.69, 9.17) is 0 Å². The number of aliphatic hydroxyl groups is 3. The molecule has 4 heteroatoms. The molecule has 0 aliphatic heterocycles. The molecule has 0 heterocycles. The highest BCUT2D eigenvalue weighted by Gasteiger charge is 2.51. The molecule has 0 radical (unpaired) electrons. The van der Waals surface area contributed by atoms with E-state index in [2.05, 4.69) is 26.5 Å². The van der Waals surface area contributed by atoms with Crippen LogP contribution in [-0.4, -0.2) is 38.9 Å². The van der Waals surface area contributed by atoms with Gasteiger partial charge < -0.3 is 15.3 Å². The maximum atomic E-state index is 12.1. The van der Waals surface area contributed by atoms with E-state index in [1.54, 1.807) is 6.92 Å². The van der Waals surface area contributed by atoms with Gasteiger partial charge in [0.05, 0.1) is 6.10 Å². The molecule has 4 saturated carbocycles. The first-order valence-electron chi connectivity index (χ1n) is 12.7. The van der Waals surface area contributed by atoms with Crippen molar-refractivity contribution in [1.82, 2.24) is 0 Å². The lowest BCUT2D eigenvalue weighted by molar-refractivity contribution is -0.131. The zero-order valence-electron chi connectivity index (χ0n) is 20.1. The predicted molar refractivity (Wildman–Crippen MR) is 127 cm³/mol. The van der Waals surface area contributed by atoms with Gasteiger partial charge in [-0.1, -0.05) is 38.2 Å². The van der Waals surface area contributed by atoms with Crippen molar-refractivity contribution in [2.75, 3.05) is 0 Å². The maximum absolute atomic E-state index is 12.1. The van der Waals surface area contributed by atoms with Gasteiger partial charge in [0.25, 0.3) is 0 Å². The van der Waals surface area contributed by atoms with Gasteiger partial charge in [0.15, 0.2) is 5.78 Å². The molecule has 32 heavy (non-hydrogen) atoms. The molecule has 4 nitrogen and oxygen atoms in total. The van der Waals surface area contributed by atoms with E-state index in [1.807, 2.05) is 6.08 Å². The first kappa shape index (κ1) is 23.9. The summed E-state index contributed by atoms with van der Waals surface area (Å²) in [6, 6.07) is 0. The van der Waals surface area contributed by atoms with Crippen molar-refractivity contribution in [2.45, 2.75) is 103 Å². The number of allylic oxidation sites excluding steroid dienone is 3. The smallest absolute Gasteiger partial charge is 0.164 e. The Morgan fingerprint density at radius 2 is 1.91 bits per heavy atom. The lowest BCUT2D eigenvalue weighted by Crippen LogP contribution is -2.36. The van der Waals surface area contributed by atoms with Crippen molar-refractivity contribution >= 4 is 5.78 Å². The number of Topliss-reactive ketones (excluding diaryl/α,β-unsaturated/α-hetero) is 1. The standard InChI is InChI=1S/C28H42O4/c1-17-7-12-24(29)26(31)21(17)9-8-20-6-5-13-27(3)22(10-11-23(20)27)18(2)14-19-15-25(30)28(4,32)16-19/h8-9,18-19,22-24,26,29,31-32H,1,5-7,10-16H2,2-4H3/b20-8+,21-9+/t18-,19?,22-,23+,24+,26+,27-,28-/m1/s1. The molecule has 0 amide bonds. The number of hydrogen-bond donors (Lipinski definition) is 3. The molecule has 0 spiro atoms. The summed E-state index contributed by atoms with van der Waals surface area (Å²) in [5.41, 5.74) is 2.37. The van der Waals surface area contributed by atoms with Crippen LogP contribution < -0.4 is 0 Å². The fraction of sp³-hybridized carbons (Fsp3) is 0.750. The summed E-state index contributed by atoms with van der Waals surface area (Å²) >= 11 is 0. The van der Waals surface area contributed by atoms with Crippen molar-refractivity contribution in [1.29, 1.82) is 0 Å². The molecule has 8 atom stereocenters. The van der Waals surface area contributed by atoms with Gasteiger partial charge in [0, 0.05) is 6.42 Å². The first-order chi connectivity index (χ1) is 15.0. The van der Waals surface area contributed by atoms with Crippen molar-refractivity contribution in [3.63, 3.8) is 0 Å². The minimum atomic E-state index is -1.12. The normalized spacial score (nSPS) is 46.1. The van der Waals surface area contributed by atoms with Gasteiger partial charge in [0.2, 0.25) is 0 Å². The van der Waals surface area contributed by atoms with Gasteiger partial charge in [0.1, 0.15) is 11.7 Å². The lowest BCUT2D eigenvalue weighted by atomic mass is 9.60. The van der Waals surface area contributed by atoms with Crippen LogP contribution in [0.5, 0.6) is 0 Å². The number of rotatable bonds is 4. The van der Waals surface area contributed by atoms with Gasteiger partial charge >= 0.3 is 0 Å². The number of fused-ring (bicyclic) bond motifs is 1. The molecule has 3 N–H and O–H groups in total. The number of carbonyl (C=O) groups excluding carboxylic acids is 1. The Labute approximate surface area is 193 Å². The summed E-state index contributed by atoms with van der Waals surface area (Å²) in [4.78, 5) is 12.1. The highest BCUT2D eigenvalue weighted by molar-refractivity contribution is 5.88. The van der Waals surface area contributed by atoms with Crippen LogP contribution in [0.2, 0.25) is 0 Å². The van der Waals surface area contributed by atoms with Gasteiger partial charge in [-0.3, -0.25) is 4.79 Å². The average Bonchev–Trinajstić information content (AvgIpc) is 3.20. The minimum Gasteiger partial charge on any atom is -0.390 e. The van der Waals surface area contributed by atoms with E-state index in [0.717, 1.165) is 30.4 Å². The monoisotopic (exact) mass is 442 g/mol. The molecule has 4 aliphatic rings. The molecule has 4 rings (SSSR count). The highest BCUT2D eigenvalue weighted by Crippen LogP contribution is 2.60. The van der Waals surface area contributed by atoms with E-state index in [9.17, 15) is 20.1 Å². The summed E-state index contributed by atoms with van der Waals surface area (Å²) in [6.07, 6.45) is 12.2. The Bertz CT molecular complexity index is 821. The second-order valence-electron chi connectivity index (χ2n) is 11.8. The second kappa shape index (κ2) is 8.85. The lowest BCUT2D eigenvalue weighted by Gasteiger charge is -2.44. The zero-order valence-corrected chi connectivity index (χ0v) is 20.1. The third-order valence-corrected chi connectivity index (χ3v) is 9.50. The van der Waals surface area contributed by atoms with Gasteiger partial charge in [-0.15, -0.1) is 0 Å². The van der Waals surface area contributed by atoms with Gasteiger partial charge in [-0.2, -0.15) is 0 Å². The highest BCUT2D eigenvalue weighted by atomic mass is 16.3. The first-order valence-corrected chi connectivity index (χ1v) is 12.7. The third kappa shape index (κ3) is 4.31. The number of aliphatic hydroxyl groups excluding tert-OH is 2. The Morgan fingerprint density at radius 1 is 1.16 bits per heavy atom. The molecule has 0 bridgehead atoms. The van der Waals surface area contributed by atoms with Crippen molar-refractivity contribution in [2.24, 2.45) is 29.1 Å². The van der Waals surface area contributed by atoms with Crippen LogP contribution in [0, 0.1) is 29.1 Å². The summed E-state index contributed by atoms with van der Waals surface area (Å²) < 4.78 is 0. The largest absolute Gasteiger partial charge is 0.390 e. The number of ketones is 1. The van der Waals surface area contributed by atoms with Crippen LogP contribution in [0.4, 0.5) is 0 Å². The average molecular weight is 443 g/mol. The summed E-state index contributed by atoms with van der Waals surface area (Å²) in [5.74, 6) is 2.07. The molecule has 0 aromatic rings. The molecule has 178 valence electrons. The Kier molecular flexibility index (Phi) is 6.61. The van der Waals surface area contributed by atoms with Crippen molar-refractivity contribution in [3.05, 3.63) is 35.5 Å². The second-order valence-corrected chi connectivity index (χ2v) is 11.8. The van der Waals surface area contributed by atoms with Crippen molar-refractivity contribution < 1.29 is 20.1 Å². The predicted octanol–water partition coefficient (Wildman–Crippen LogP) is 4.88. The molecule has 1 unspecified atom stereocenters. The van der Waals surface area contributed by atoms with Crippen LogP contribution in [0.3, 0.4) is 0 Å². The van der Waals surface area contributed by atoms with E-state index in [0.29, 0.717) is 42.9 Å². The van der Waals surface area contributed by atoms with Gasteiger partial charge in [-0.25, -0.2) is 0 Å². The molecule has 4 fully saturated rings. The third-order valence-electron chi connectivity index (χ3n) is 9.50.